The van der Waals surface area contributed by atoms with Gasteiger partial charge < -0.3 is 14.8 Å². The van der Waals surface area contributed by atoms with Crippen LogP contribution in [0.1, 0.15) is 20.8 Å². The summed E-state index contributed by atoms with van der Waals surface area (Å²) in [4.78, 5) is 14.4. The molecule has 2 aromatic carbocycles. The second kappa shape index (κ2) is 7.22. The van der Waals surface area contributed by atoms with Crippen molar-refractivity contribution in [3.05, 3.63) is 70.6 Å². The van der Waals surface area contributed by atoms with Crippen LogP contribution in [-0.2, 0) is 13.0 Å². The van der Waals surface area contributed by atoms with Crippen LogP contribution in [0.2, 0.25) is 0 Å². The van der Waals surface area contributed by atoms with E-state index < -0.39 is 0 Å². The summed E-state index contributed by atoms with van der Waals surface area (Å²) >= 11 is 1.53. The van der Waals surface area contributed by atoms with Crippen molar-refractivity contribution in [2.75, 3.05) is 13.7 Å². The highest BCUT2D eigenvalue weighted by Gasteiger charge is 2.22. The molecule has 1 aliphatic heterocycles. The van der Waals surface area contributed by atoms with E-state index in [0.29, 0.717) is 13.2 Å². The number of ether oxygens (including phenoxy) is 2. The molecule has 132 valence electrons. The van der Waals surface area contributed by atoms with Crippen molar-refractivity contribution in [1.29, 1.82) is 0 Å². The van der Waals surface area contributed by atoms with Gasteiger partial charge in [-0.15, -0.1) is 11.3 Å². The van der Waals surface area contributed by atoms with Gasteiger partial charge in [0.15, 0.2) is 0 Å². The number of benzene rings is 2. The van der Waals surface area contributed by atoms with Gasteiger partial charge in [-0.3, -0.25) is 4.79 Å². The van der Waals surface area contributed by atoms with Gasteiger partial charge in [-0.2, -0.15) is 0 Å². The van der Waals surface area contributed by atoms with E-state index >= 15 is 0 Å². The van der Waals surface area contributed by atoms with E-state index in [1.54, 1.807) is 7.11 Å². The highest BCUT2D eigenvalue weighted by Crippen LogP contribution is 2.42. The SMILES string of the molecule is COc1ccc(CCNC(=O)c2cc3c(s2)-c2ccccc2OC3)cc1. The van der Waals surface area contributed by atoms with Gasteiger partial charge in [0.2, 0.25) is 0 Å². The Morgan fingerprint density at radius 2 is 2.00 bits per heavy atom. The molecule has 1 amide bonds. The molecule has 5 heteroatoms. The predicted octanol–water partition coefficient (Wildman–Crippen LogP) is 4.29. The molecule has 1 aromatic heterocycles. The third-order valence-electron chi connectivity index (χ3n) is 4.41. The van der Waals surface area contributed by atoms with Crippen LogP contribution >= 0.6 is 11.3 Å². The molecule has 0 saturated carbocycles. The number of fused-ring (bicyclic) bond motifs is 3. The fourth-order valence-corrected chi connectivity index (χ4v) is 4.12. The van der Waals surface area contributed by atoms with Gasteiger partial charge in [-0.05, 0) is 42.3 Å². The number of hydrogen-bond donors (Lipinski definition) is 1. The molecule has 4 nitrogen and oxygen atoms in total. The Morgan fingerprint density at radius 3 is 2.81 bits per heavy atom. The summed E-state index contributed by atoms with van der Waals surface area (Å²) in [6.07, 6.45) is 0.784. The minimum atomic E-state index is -0.0320. The van der Waals surface area contributed by atoms with E-state index in [2.05, 4.69) is 5.32 Å². The molecule has 0 atom stereocenters. The number of nitrogens with one attached hydrogen (secondary N) is 1. The number of hydrogen-bond acceptors (Lipinski definition) is 4. The molecule has 4 rings (SSSR count). The summed E-state index contributed by atoms with van der Waals surface area (Å²) in [7, 11) is 1.65. The minimum absolute atomic E-state index is 0.0320. The first-order valence-electron chi connectivity index (χ1n) is 8.50. The van der Waals surface area contributed by atoms with Gasteiger partial charge in [0.1, 0.15) is 18.1 Å². The molecule has 0 radical (unpaired) electrons. The lowest BCUT2D eigenvalue weighted by Crippen LogP contribution is -2.24. The van der Waals surface area contributed by atoms with E-state index in [9.17, 15) is 4.79 Å². The van der Waals surface area contributed by atoms with Gasteiger partial charge in [-0.25, -0.2) is 0 Å². The summed E-state index contributed by atoms with van der Waals surface area (Å²) in [6.45, 7) is 1.11. The molecule has 0 unspecified atom stereocenters. The van der Waals surface area contributed by atoms with E-state index in [1.807, 2.05) is 54.6 Å². The summed E-state index contributed by atoms with van der Waals surface area (Å²) in [5.41, 5.74) is 3.31. The van der Waals surface area contributed by atoms with Crippen LogP contribution in [0.25, 0.3) is 10.4 Å². The number of rotatable bonds is 5. The smallest absolute Gasteiger partial charge is 0.261 e. The van der Waals surface area contributed by atoms with Crippen LogP contribution in [0.4, 0.5) is 0 Å². The predicted molar refractivity (Wildman–Crippen MR) is 103 cm³/mol. The zero-order valence-corrected chi connectivity index (χ0v) is 15.3. The normalized spacial score (nSPS) is 11.9. The first-order chi connectivity index (χ1) is 12.7. The molecule has 0 spiro atoms. The number of carbonyl (C=O) groups is 1. The van der Waals surface area contributed by atoms with Crippen LogP contribution in [0.3, 0.4) is 0 Å². The van der Waals surface area contributed by atoms with Crippen LogP contribution in [-0.4, -0.2) is 19.6 Å². The molecule has 0 saturated heterocycles. The summed E-state index contributed by atoms with van der Waals surface area (Å²) in [5, 5.41) is 3.01. The zero-order chi connectivity index (χ0) is 17.9. The Kier molecular flexibility index (Phi) is 4.63. The highest BCUT2D eigenvalue weighted by molar-refractivity contribution is 7.17. The third kappa shape index (κ3) is 3.30. The average molecular weight is 365 g/mol. The molecule has 0 fully saturated rings. The lowest BCUT2D eigenvalue weighted by Gasteiger charge is -2.16. The van der Waals surface area contributed by atoms with Gasteiger partial charge in [0.05, 0.1) is 12.0 Å². The molecule has 1 N–H and O–H groups in total. The second-order valence-electron chi connectivity index (χ2n) is 6.10. The van der Waals surface area contributed by atoms with Crippen molar-refractivity contribution in [2.45, 2.75) is 13.0 Å². The van der Waals surface area contributed by atoms with Gasteiger partial charge in [0, 0.05) is 22.5 Å². The van der Waals surface area contributed by atoms with Gasteiger partial charge in [-0.1, -0.05) is 24.3 Å². The Balaban J connectivity index is 1.41. The van der Waals surface area contributed by atoms with E-state index in [0.717, 1.165) is 38.8 Å². The van der Waals surface area contributed by atoms with Crippen molar-refractivity contribution < 1.29 is 14.3 Å². The molecule has 3 aromatic rings. The maximum atomic E-state index is 12.5. The Morgan fingerprint density at radius 1 is 1.19 bits per heavy atom. The number of methoxy groups -OCH3 is 1. The lowest BCUT2D eigenvalue weighted by atomic mass is 10.1. The Hall–Kier alpha value is -2.79. The van der Waals surface area contributed by atoms with Crippen molar-refractivity contribution in [2.24, 2.45) is 0 Å². The highest BCUT2D eigenvalue weighted by atomic mass is 32.1. The molecule has 2 heterocycles. The summed E-state index contributed by atoms with van der Waals surface area (Å²) in [5.74, 6) is 1.69. The van der Waals surface area contributed by atoms with Crippen LogP contribution in [0.5, 0.6) is 11.5 Å². The van der Waals surface area contributed by atoms with Crippen molar-refractivity contribution in [3.63, 3.8) is 0 Å². The fourth-order valence-electron chi connectivity index (χ4n) is 3.01. The maximum absolute atomic E-state index is 12.5. The van der Waals surface area contributed by atoms with E-state index in [-0.39, 0.29) is 5.91 Å². The largest absolute Gasteiger partial charge is 0.497 e. The van der Waals surface area contributed by atoms with Gasteiger partial charge >= 0.3 is 0 Å². The molecule has 26 heavy (non-hydrogen) atoms. The van der Waals surface area contributed by atoms with Crippen molar-refractivity contribution in [3.8, 4) is 21.9 Å². The molecular formula is C21H19NO3S. The zero-order valence-electron chi connectivity index (χ0n) is 14.5. The molecule has 0 bridgehead atoms. The lowest BCUT2D eigenvalue weighted by molar-refractivity contribution is 0.0958. The first kappa shape index (κ1) is 16.7. The average Bonchev–Trinajstić information content (AvgIpc) is 3.13. The number of amides is 1. The van der Waals surface area contributed by atoms with Crippen LogP contribution in [0.15, 0.2) is 54.6 Å². The van der Waals surface area contributed by atoms with Gasteiger partial charge in [0.25, 0.3) is 5.91 Å². The van der Waals surface area contributed by atoms with Crippen molar-refractivity contribution >= 4 is 17.2 Å². The van der Waals surface area contributed by atoms with Crippen LogP contribution < -0.4 is 14.8 Å². The molecule has 1 aliphatic rings. The van der Waals surface area contributed by atoms with E-state index in [1.165, 1.54) is 16.9 Å². The number of thiophene rings is 1. The standard InChI is InChI=1S/C21H19NO3S/c1-24-16-8-6-14(7-9-16)10-11-22-21(23)19-12-15-13-25-18-5-3-2-4-17(18)20(15)26-19/h2-9,12H,10-11,13H2,1H3,(H,22,23). The minimum Gasteiger partial charge on any atom is -0.497 e. The molecule has 0 aliphatic carbocycles. The Labute approximate surface area is 156 Å². The number of para-hydroxylation sites is 1. The van der Waals surface area contributed by atoms with Crippen molar-refractivity contribution in [1.82, 2.24) is 5.32 Å². The van der Waals surface area contributed by atoms with E-state index in [4.69, 9.17) is 9.47 Å². The maximum Gasteiger partial charge on any atom is 0.261 e. The second-order valence-corrected chi connectivity index (χ2v) is 7.16. The molecular weight excluding hydrogens is 346 g/mol. The third-order valence-corrected chi connectivity index (χ3v) is 5.62. The first-order valence-corrected chi connectivity index (χ1v) is 9.32. The topological polar surface area (TPSA) is 47.6 Å². The summed E-state index contributed by atoms with van der Waals surface area (Å²) < 4.78 is 10.9. The van der Waals surface area contributed by atoms with Crippen LogP contribution in [0, 0.1) is 0 Å². The Bertz CT molecular complexity index is 931. The quantitative estimate of drug-likeness (QED) is 0.734. The monoisotopic (exact) mass is 365 g/mol. The number of carbonyl (C=O) groups excluding carboxylic acids is 1. The summed E-state index contributed by atoms with van der Waals surface area (Å²) in [6, 6.07) is 17.8. The fraction of sp³-hybridized carbons (Fsp3) is 0.190.